The number of oxime groups is 1. The number of halogens is 1. The van der Waals surface area contributed by atoms with Crippen molar-refractivity contribution in [3.05, 3.63) is 30.3 Å². The average Bonchev–Trinajstić information content (AvgIpc) is 2.18. The maximum absolute atomic E-state index is 8.77. The Morgan fingerprint density at radius 1 is 1.38 bits per heavy atom. The average molecular weight is 245 g/mol. The lowest BCUT2D eigenvalue weighted by atomic mass is 10.0. The summed E-state index contributed by atoms with van der Waals surface area (Å²) in [6, 6.07) is 9.31. The second kappa shape index (κ2) is 6.35. The molecule has 0 atom stereocenters. The number of ether oxygens (including phenoxy) is 1. The normalized spacial score (nSPS) is 11.8. The van der Waals surface area contributed by atoms with E-state index in [0.29, 0.717) is 5.71 Å². The molecule has 5 heteroatoms. The van der Waals surface area contributed by atoms with Crippen LogP contribution in [0.25, 0.3) is 0 Å². The van der Waals surface area contributed by atoms with Gasteiger partial charge < -0.3 is 15.7 Å². The number of rotatable bonds is 4. The van der Waals surface area contributed by atoms with E-state index >= 15 is 0 Å². The van der Waals surface area contributed by atoms with E-state index < -0.39 is 5.54 Å². The second-order valence-corrected chi connectivity index (χ2v) is 3.87. The van der Waals surface area contributed by atoms with Crippen molar-refractivity contribution in [3.8, 4) is 5.75 Å². The molecule has 16 heavy (non-hydrogen) atoms. The molecular weight excluding hydrogens is 228 g/mol. The molecule has 0 unspecified atom stereocenters. The largest absolute Gasteiger partial charge is 0.487 e. The fourth-order valence-corrected chi connectivity index (χ4v) is 1.01. The van der Waals surface area contributed by atoms with Gasteiger partial charge in [0.15, 0.2) is 0 Å². The summed E-state index contributed by atoms with van der Waals surface area (Å²) in [5.41, 5.74) is 5.52. The first kappa shape index (κ1) is 14.7. The van der Waals surface area contributed by atoms with Crippen LogP contribution in [-0.2, 0) is 0 Å². The van der Waals surface area contributed by atoms with Crippen LogP contribution in [0.15, 0.2) is 35.5 Å². The van der Waals surface area contributed by atoms with Crippen LogP contribution in [0.2, 0.25) is 0 Å². The van der Waals surface area contributed by atoms with Gasteiger partial charge >= 0.3 is 0 Å². The molecule has 0 amide bonds. The zero-order valence-electron chi connectivity index (χ0n) is 9.38. The Morgan fingerprint density at radius 3 is 2.38 bits per heavy atom. The minimum atomic E-state index is -0.677. The summed E-state index contributed by atoms with van der Waals surface area (Å²) in [4.78, 5) is 0. The van der Waals surface area contributed by atoms with Gasteiger partial charge in [0.1, 0.15) is 18.1 Å². The van der Waals surface area contributed by atoms with Crippen molar-refractivity contribution in [3.63, 3.8) is 0 Å². The lowest BCUT2D eigenvalue weighted by Gasteiger charge is -2.19. The summed E-state index contributed by atoms with van der Waals surface area (Å²) in [5.74, 6) is 0.725. The van der Waals surface area contributed by atoms with Gasteiger partial charge in [-0.05, 0) is 26.0 Å². The summed E-state index contributed by atoms with van der Waals surface area (Å²) in [7, 11) is 0. The standard InChI is InChI=1S/C11H16N2O2.ClH/c1-11(2,12)10(13-14)8-15-9-6-4-3-5-7-9;/h3-7,14H,8,12H2,1-2H3;1H. The Kier molecular flexibility index (Phi) is 5.85. The maximum Gasteiger partial charge on any atom is 0.132 e. The second-order valence-electron chi connectivity index (χ2n) is 3.87. The number of nitrogens with zero attached hydrogens (tertiary/aromatic N) is 1. The van der Waals surface area contributed by atoms with E-state index in [1.165, 1.54) is 0 Å². The number of hydrogen-bond acceptors (Lipinski definition) is 4. The van der Waals surface area contributed by atoms with E-state index in [0.717, 1.165) is 5.75 Å². The third-order valence-corrected chi connectivity index (χ3v) is 1.98. The predicted octanol–water partition coefficient (Wildman–Crippen LogP) is 2.05. The fraction of sp³-hybridized carbons (Fsp3) is 0.364. The van der Waals surface area contributed by atoms with Gasteiger partial charge in [0.25, 0.3) is 0 Å². The highest BCUT2D eigenvalue weighted by molar-refractivity contribution is 5.93. The lowest BCUT2D eigenvalue weighted by molar-refractivity contribution is 0.299. The molecule has 1 rings (SSSR count). The maximum atomic E-state index is 8.77. The number of benzene rings is 1. The highest BCUT2D eigenvalue weighted by Crippen LogP contribution is 2.10. The molecule has 90 valence electrons. The van der Waals surface area contributed by atoms with Crippen molar-refractivity contribution in [1.29, 1.82) is 0 Å². The van der Waals surface area contributed by atoms with E-state index in [4.69, 9.17) is 15.7 Å². The molecule has 0 saturated heterocycles. The van der Waals surface area contributed by atoms with E-state index in [9.17, 15) is 0 Å². The van der Waals surface area contributed by atoms with Crippen molar-refractivity contribution in [2.24, 2.45) is 10.9 Å². The highest BCUT2D eigenvalue weighted by Gasteiger charge is 2.20. The third kappa shape index (κ3) is 4.51. The van der Waals surface area contributed by atoms with Gasteiger partial charge in [0.2, 0.25) is 0 Å². The molecule has 3 N–H and O–H groups in total. The molecule has 0 aliphatic carbocycles. The SMILES string of the molecule is CC(C)(N)C(COc1ccccc1)=NO.Cl. The highest BCUT2D eigenvalue weighted by atomic mass is 35.5. The number of hydrogen-bond donors (Lipinski definition) is 2. The van der Waals surface area contributed by atoms with Gasteiger partial charge in [-0.25, -0.2) is 0 Å². The quantitative estimate of drug-likeness (QED) is 0.484. The third-order valence-electron chi connectivity index (χ3n) is 1.98. The summed E-state index contributed by atoms with van der Waals surface area (Å²) in [5, 5.41) is 11.9. The fourth-order valence-electron chi connectivity index (χ4n) is 1.01. The van der Waals surface area contributed by atoms with Gasteiger partial charge in [-0.2, -0.15) is 0 Å². The monoisotopic (exact) mass is 244 g/mol. The van der Waals surface area contributed by atoms with Gasteiger partial charge in [-0.15, -0.1) is 12.4 Å². The molecule has 0 aromatic heterocycles. The molecule has 0 aliphatic heterocycles. The van der Waals surface area contributed by atoms with E-state index in [2.05, 4.69) is 5.16 Å². The minimum Gasteiger partial charge on any atom is -0.487 e. The van der Waals surface area contributed by atoms with Crippen LogP contribution in [0, 0.1) is 0 Å². The molecule has 0 fully saturated rings. The number of para-hydroxylation sites is 1. The Labute approximate surface area is 102 Å². The van der Waals surface area contributed by atoms with Crippen molar-refractivity contribution in [2.45, 2.75) is 19.4 Å². The van der Waals surface area contributed by atoms with Crippen molar-refractivity contribution < 1.29 is 9.94 Å². The molecular formula is C11H17ClN2O2. The number of nitrogens with two attached hydrogens (primary N) is 1. The molecule has 0 radical (unpaired) electrons. The van der Waals surface area contributed by atoms with E-state index in [-0.39, 0.29) is 19.0 Å². The van der Waals surface area contributed by atoms with Gasteiger partial charge in [0, 0.05) is 0 Å². The van der Waals surface area contributed by atoms with E-state index in [1.807, 2.05) is 30.3 Å². The molecule has 1 aromatic carbocycles. The zero-order valence-corrected chi connectivity index (χ0v) is 10.2. The molecule has 4 nitrogen and oxygen atoms in total. The van der Waals surface area contributed by atoms with Crippen LogP contribution in [-0.4, -0.2) is 23.1 Å². The lowest BCUT2D eigenvalue weighted by Crippen LogP contribution is -2.44. The first-order chi connectivity index (χ1) is 7.04. The molecule has 0 bridgehead atoms. The summed E-state index contributed by atoms with van der Waals surface area (Å²) < 4.78 is 5.41. The topological polar surface area (TPSA) is 67.8 Å². The van der Waals surface area contributed by atoms with Crippen molar-refractivity contribution >= 4 is 18.1 Å². The Bertz CT molecular complexity index is 334. The van der Waals surface area contributed by atoms with Crippen LogP contribution < -0.4 is 10.5 Å². The van der Waals surface area contributed by atoms with Crippen LogP contribution in [0.3, 0.4) is 0 Å². The van der Waals surface area contributed by atoms with E-state index in [1.54, 1.807) is 13.8 Å². The van der Waals surface area contributed by atoms with Crippen LogP contribution in [0.4, 0.5) is 0 Å². The van der Waals surface area contributed by atoms with Gasteiger partial charge in [0.05, 0.1) is 5.54 Å². The van der Waals surface area contributed by atoms with Crippen molar-refractivity contribution in [1.82, 2.24) is 0 Å². The molecule has 1 aromatic rings. The predicted molar refractivity (Wildman–Crippen MR) is 66.7 cm³/mol. The van der Waals surface area contributed by atoms with Crippen LogP contribution >= 0.6 is 12.4 Å². The Balaban J connectivity index is 0.00000225. The molecule has 0 heterocycles. The molecule has 0 aliphatic rings. The minimum absolute atomic E-state index is 0. The zero-order chi connectivity index (χ0) is 11.3. The smallest absolute Gasteiger partial charge is 0.132 e. The summed E-state index contributed by atoms with van der Waals surface area (Å²) in [6.45, 7) is 3.71. The van der Waals surface area contributed by atoms with Crippen molar-refractivity contribution in [2.75, 3.05) is 6.61 Å². The van der Waals surface area contributed by atoms with Crippen LogP contribution in [0.5, 0.6) is 5.75 Å². The van der Waals surface area contributed by atoms with Gasteiger partial charge in [-0.1, -0.05) is 23.4 Å². The summed E-state index contributed by atoms with van der Waals surface area (Å²) >= 11 is 0. The summed E-state index contributed by atoms with van der Waals surface area (Å²) in [6.07, 6.45) is 0. The molecule has 0 saturated carbocycles. The first-order valence-corrected chi connectivity index (χ1v) is 4.72. The Hall–Kier alpha value is -1.26. The first-order valence-electron chi connectivity index (χ1n) is 4.72. The Morgan fingerprint density at radius 2 is 1.94 bits per heavy atom. The molecule has 0 spiro atoms. The van der Waals surface area contributed by atoms with Crippen LogP contribution in [0.1, 0.15) is 13.8 Å². The van der Waals surface area contributed by atoms with Gasteiger partial charge in [-0.3, -0.25) is 0 Å².